The summed E-state index contributed by atoms with van der Waals surface area (Å²) in [5.74, 6) is -0.0472. The molecule has 0 aromatic carbocycles. The van der Waals surface area contributed by atoms with Gasteiger partial charge < -0.3 is 34.3 Å². The van der Waals surface area contributed by atoms with E-state index in [1.807, 2.05) is 0 Å². The topological polar surface area (TPSA) is 87.3 Å². The number of halogens is 1. The molecule has 0 aromatic heterocycles. The number of alkyl halides is 1. The van der Waals surface area contributed by atoms with E-state index in [2.05, 4.69) is 31.4 Å². The van der Waals surface area contributed by atoms with Crippen LogP contribution in [0, 0.1) is 5.92 Å². The van der Waals surface area contributed by atoms with Crippen LogP contribution < -0.4 is 10.6 Å². The molecule has 9 heteroatoms. The van der Waals surface area contributed by atoms with Gasteiger partial charge in [-0.15, -0.1) is 0 Å². The SMILES string of the molecule is CCCCC(CCCC)C(=O)NCC(F)COCCOCCOCCOCCOCCNCCC. The number of rotatable bonds is 28. The van der Waals surface area contributed by atoms with Gasteiger partial charge in [0.25, 0.3) is 0 Å². The van der Waals surface area contributed by atoms with Crippen LogP contribution in [0.2, 0.25) is 0 Å². The Morgan fingerprint density at radius 2 is 1.17 bits per heavy atom. The van der Waals surface area contributed by atoms with Gasteiger partial charge in [0.1, 0.15) is 6.17 Å². The number of nitrogens with one attached hydrogen (secondary N) is 2. The van der Waals surface area contributed by atoms with Gasteiger partial charge in [-0.1, -0.05) is 46.5 Å². The number of ether oxygens (including phenoxy) is 5. The highest BCUT2D eigenvalue weighted by Crippen LogP contribution is 2.16. The molecule has 0 aliphatic rings. The Morgan fingerprint density at radius 1 is 0.686 bits per heavy atom. The zero-order valence-corrected chi connectivity index (χ0v) is 22.6. The molecule has 0 fully saturated rings. The van der Waals surface area contributed by atoms with Crippen LogP contribution >= 0.6 is 0 Å². The van der Waals surface area contributed by atoms with Gasteiger partial charge in [0.2, 0.25) is 5.91 Å². The summed E-state index contributed by atoms with van der Waals surface area (Å²) in [5, 5.41) is 6.02. The lowest BCUT2D eigenvalue weighted by atomic mass is 9.95. The summed E-state index contributed by atoms with van der Waals surface area (Å²) in [7, 11) is 0. The van der Waals surface area contributed by atoms with Crippen LogP contribution in [0.15, 0.2) is 0 Å². The number of unbranched alkanes of at least 4 members (excludes halogenated alkanes) is 2. The first-order valence-electron chi connectivity index (χ1n) is 13.7. The van der Waals surface area contributed by atoms with E-state index in [0.29, 0.717) is 59.5 Å². The maximum atomic E-state index is 14.0. The Labute approximate surface area is 213 Å². The van der Waals surface area contributed by atoms with Crippen molar-refractivity contribution < 1.29 is 32.9 Å². The average Bonchev–Trinajstić information content (AvgIpc) is 2.86. The van der Waals surface area contributed by atoms with Crippen LogP contribution in [-0.2, 0) is 28.5 Å². The molecule has 0 aliphatic heterocycles. The average molecular weight is 509 g/mol. The highest BCUT2D eigenvalue weighted by atomic mass is 19.1. The molecule has 0 aromatic rings. The Bertz CT molecular complexity index is 440. The van der Waals surface area contributed by atoms with E-state index in [1.165, 1.54) is 0 Å². The van der Waals surface area contributed by atoms with Crippen LogP contribution in [0.1, 0.15) is 65.7 Å². The standard InChI is InChI=1S/C26H53FN2O6/c1-4-7-9-24(10-8-5-2)26(30)29-22-25(27)23-35-21-20-34-19-18-33-17-16-32-15-14-31-13-12-28-11-6-3/h24-25,28H,4-23H2,1-3H3,(H,29,30). The molecule has 1 unspecified atom stereocenters. The smallest absolute Gasteiger partial charge is 0.223 e. The molecule has 8 nitrogen and oxygen atoms in total. The van der Waals surface area contributed by atoms with Crippen molar-refractivity contribution in [1.29, 1.82) is 0 Å². The highest BCUT2D eigenvalue weighted by molar-refractivity contribution is 5.78. The summed E-state index contributed by atoms with van der Waals surface area (Å²) >= 11 is 0. The minimum atomic E-state index is -1.22. The van der Waals surface area contributed by atoms with Gasteiger partial charge in [0.15, 0.2) is 0 Å². The molecule has 0 aliphatic carbocycles. The van der Waals surface area contributed by atoms with Gasteiger partial charge in [-0.25, -0.2) is 4.39 Å². The molecule has 0 spiro atoms. The minimum absolute atomic E-state index is 0.00730. The third-order valence-electron chi connectivity index (χ3n) is 5.32. The zero-order valence-electron chi connectivity index (χ0n) is 22.6. The van der Waals surface area contributed by atoms with Crippen LogP contribution in [0.5, 0.6) is 0 Å². The van der Waals surface area contributed by atoms with E-state index < -0.39 is 6.17 Å². The van der Waals surface area contributed by atoms with E-state index in [1.54, 1.807) is 0 Å². The molecule has 1 atom stereocenters. The first-order valence-corrected chi connectivity index (χ1v) is 13.7. The van der Waals surface area contributed by atoms with Crippen molar-refractivity contribution >= 4 is 5.91 Å². The van der Waals surface area contributed by atoms with Crippen LogP contribution in [0.25, 0.3) is 0 Å². The monoisotopic (exact) mass is 508 g/mol. The van der Waals surface area contributed by atoms with Crippen molar-refractivity contribution in [3.05, 3.63) is 0 Å². The first-order chi connectivity index (χ1) is 17.2. The van der Waals surface area contributed by atoms with Crippen LogP contribution in [0.3, 0.4) is 0 Å². The number of carbonyl (C=O) groups is 1. The lowest BCUT2D eigenvalue weighted by molar-refractivity contribution is -0.125. The predicted octanol–water partition coefficient (Wildman–Crippen LogP) is 3.52. The Kier molecular flexibility index (Phi) is 27.1. The van der Waals surface area contributed by atoms with Gasteiger partial charge in [0, 0.05) is 12.5 Å². The molecule has 35 heavy (non-hydrogen) atoms. The molecule has 2 N–H and O–H groups in total. The van der Waals surface area contributed by atoms with Crippen molar-refractivity contribution in [3.63, 3.8) is 0 Å². The van der Waals surface area contributed by atoms with Crippen molar-refractivity contribution in [2.45, 2.75) is 71.9 Å². The van der Waals surface area contributed by atoms with Gasteiger partial charge in [-0.3, -0.25) is 4.79 Å². The predicted molar refractivity (Wildman–Crippen MR) is 138 cm³/mol. The van der Waals surface area contributed by atoms with Gasteiger partial charge in [-0.05, 0) is 25.8 Å². The number of carbonyl (C=O) groups excluding carboxylic acids is 1. The van der Waals surface area contributed by atoms with Crippen LogP contribution in [-0.4, -0.2) is 97.8 Å². The zero-order chi connectivity index (χ0) is 25.8. The quantitative estimate of drug-likeness (QED) is 0.156. The van der Waals surface area contributed by atoms with Crippen molar-refractivity contribution in [3.8, 4) is 0 Å². The Morgan fingerprint density at radius 3 is 1.66 bits per heavy atom. The molecule has 0 heterocycles. The number of hydrogen-bond acceptors (Lipinski definition) is 7. The molecule has 0 saturated heterocycles. The fourth-order valence-corrected chi connectivity index (χ4v) is 3.26. The maximum absolute atomic E-state index is 14.0. The van der Waals surface area contributed by atoms with E-state index in [-0.39, 0.29) is 25.0 Å². The summed E-state index contributed by atoms with van der Waals surface area (Å²) in [6.07, 6.45) is 5.82. The largest absolute Gasteiger partial charge is 0.378 e. The molecule has 0 rings (SSSR count). The van der Waals surface area contributed by atoms with E-state index in [4.69, 9.17) is 23.7 Å². The lowest BCUT2D eigenvalue weighted by Crippen LogP contribution is -2.36. The molecule has 210 valence electrons. The van der Waals surface area contributed by atoms with Gasteiger partial charge in [0.05, 0.1) is 72.6 Å². The fourth-order valence-electron chi connectivity index (χ4n) is 3.26. The van der Waals surface area contributed by atoms with E-state index >= 15 is 0 Å². The van der Waals surface area contributed by atoms with Crippen LogP contribution in [0.4, 0.5) is 4.39 Å². The second-order valence-corrected chi connectivity index (χ2v) is 8.60. The van der Waals surface area contributed by atoms with E-state index in [0.717, 1.165) is 58.0 Å². The minimum Gasteiger partial charge on any atom is -0.378 e. The molecule has 0 saturated carbocycles. The molecule has 0 bridgehead atoms. The number of amides is 1. The second kappa shape index (κ2) is 27.7. The lowest BCUT2D eigenvalue weighted by Gasteiger charge is -2.17. The van der Waals surface area contributed by atoms with Crippen molar-refractivity contribution in [1.82, 2.24) is 10.6 Å². The number of hydrogen-bond donors (Lipinski definition) is 2. The van der Waals surface area contributed by atoms with Crippen molar-refractivity contribution in [2.24, 2.45) is 5.92 Å². The third-order valence-corrected chi connectivity index (χ3v) is 5.32. The van der Waals surface area contributed by atoms with Gasteiger partial charge >= 0.3 is 0 Å². The van der Waals surface area contributed by atoms with Gasteiger partial charge in [-0.2, -0.15) is 0 Å². The summed E-state index contributed by atoms with van der Waals surface area (Å²) < 4.78 is 41.0. The Hall–Kier alpha value is -0.840. The molecule has 0 radical (unpaired) electrons. The summed E-state index contributed by atoms with van der Waals surface area (Å²) in [6, 6.07) is 0. The molecule has 1 amide bonds. The summed E-state index contributed by atoms with van der Waals surface area (Å²) in [5.41, 5.74) is 0. The van der Waals surface area contributed by atoms with Crippen molar-refractivity contribution in [2.75, 3.05) is 85.7 Å². The summed E-state index contributed by atoms with van der Waals surface area (Å²) in [6.45, 7) is 12.7. The summed E-state index contributed by atoms with van der Waals surface area (Å²) in [4.78, 5) is 12.3. The Balaban J connectivity index is 3.44. The molecular formula is C26H53FN2O6. The maximum Gasteiger partial charge on any atom is 0.223 e. The molecular weight excluding hydrogens is 455 g/mol. The second-order valence-electron chi connectivity index (χ2n) is 8.60. The fraction of sp³-hybridized carbons (Fsp3) is 0.962. The third kappa shape index (κ3) is 24.6. The first kappa shape index (κ1) is 34.2. The normalized spacial score (nSPS) is 12.4. The van der Waals surface area contributed by atoms with E-state index in [9.17, 15) is 9.18 Å². The highest BCUT2D eigenvalue weighted by Gasteiger charge is 2.18.